The van der Waals surface area contributed by atoms with Crippen molar-refractivity contribution in [3.8, 4) is 0 Å². The van der Waals surface area contributed by atoms with Crippen LogP contribution in [0.5, 0.6) is 0 Å². The highest BCUT2D eigenvalue weighted by Crippen LogP contribution is 2.31. The summed E-state index contributed by atoms with van der Waals surface area (Å²) < 4.78 is 2.07. The lowest BCUT2D eigenvalue weighted by molar-refractivity contribution is 0.514. The van der Waals surface area contributed by atoms with Gasteiger partial charge in [0, 0.05) is 35.3 Å². The van der Waals surface area contributed by atoms with Crippen molar-refractivity contribution in [3.63, 3.8) is 0 Å². The Bertz CT molecular complexity index is 372. The van der Waals surface area contributed by atoms with E-state index < -0.39 is 0 Å². The molecule has 1 aromatic heterocycles. The lowest BCUT2D eigenvalue weighted by Crippen LogP contribution is -2.24. The molecule has 2 rings (SSSR count). The van der Waals surface area contributed by atoms with Crippen molar-refractivity contribution in [2.24, 2.45) is 0 Å². The molecule has 1 unspecified atom stereocenters. The van der Waals surface area contributed by atoms with Crippen LogP contribution in [0.2, 0.25) is 0 Å². The van der Waals surface area contributed by atoms with Crippen molar-refractivity contribution in [1.29, 1.82) is 0 Å². The number of aryl methyl sites for hydroxylation is 1. The molecule has 1 aliphatic carbocycles. The summed E-state index contributed by atoms with van der Waals surface area (Å²) in [6.07, 6.45) is 12.5. The van der Waals surface area contributed by atoms with Gasteiger partial charge in [0.05, 0.1) is 6.20 Å². The highest BCUT2D eigenvalue weighted by Gasteiger charge is 2.18. The standard InChI is InChI=1S/C16H29N3S/c1-3-10-19-12-14(11-18-19)16(17-4-2)13-20-15-8-6-5-7-9-15/h11-12,15-17H,3-10,13H2,1-2H3. The van der Waals surface area contributed by atoms with Gasteiger partial charge in [0.25, 0.3) is 0 Å². The molecular formula is C16H29N3S. The lowest BCUT2D eigenvalue weighted by atomic mass is 10.0. The molecule has 1 N–H and O–H groups in total. The molecule has 114 valence electrons. The summed E-state index contributed by atoms with van der Waals surface area (Å²) >= 11 is 2.16. The Kier molecular flexibility index (Phi) is 6.94. The SMILES string of the molecule is CCCn1cc(C(CSC2CCCCC2)NCC)cn1. The molecule has 0 aromatic carbocycles. The fourth-order valence-corrected chi connectivity index (χ4v) is 4.34. The van der Waals surface area contributed by atoms with Crippen LogP contribution in [-0.4, -0.2) is 27.3 Å². The van der Waals surface area contributed by atoms with Crippen molar-refractivity contribution in [2.75, 3.05) is 12.3 Å². The van der Waals surface area contributed by atoms with Gasteiger partial charge in [-0.15, -0.1) is 0 Å². The minimum absolute atomic E-state index is 0.456. The van der Waals surface area contributed by atoms with Gasteiger partial charge in [0.15, 0.2) is 0 Å². The van der Waals surface area contributed by atoms with Gasteiger partial charge in [0.1, 0.15) is 0 Å². The highest BCUT2D eigenvalue weighted by molar-refractivity contribution is 7.99. The predicted molar refractivity (Wildman–Crippen MR) is 88.3 cm³/mol. The molecule has 1 fully saturated rings. The number of nitrogens with zero attached hydrogens (tertiary/aromatic N) is 2. The molecule has 4 heteroatoms. The molecule has 0 radical (unpaired) electrons. The first kappa shape index (κ1) is 15.9. The first-order chi connectivity index (χ1) is 9.83. The fraction of sp³-hybridized carbons (Fsp3) is 0.812. The van der Waals surface area contributed by atoms with Gasteiger partial charge in [-0.3, -0.25) is 4.68 Å². The summed E-state index contributed by atoms with van der Waals surface area (Å²) in [7, 11) is 0. The maximum atomic E-state index is 4.47. The molecule has 0 spiro atoms. The van der Waals surface area contributed by atoms with E-state index in [1.165, 1.54) is 43.4 Å². The minimum atomic E-state index is 0.456. The Morgan fingerprint density at radius 3 is 2.85 bits per heavy atom. The summed E-state index contributed by atoms with van der Waals surface area (Å²) in [5.74, 6) is 1.18. The van der Waals surface area contributed by atoms with Gasteiger partial charge in [-0.05, 0) is 25.8 Å². The van der Waals surface area contributed by atoms with E-state index in [1.54, 1.807) is 0 Å². The molecule has 1 aromatic rings. The highest BCUT2D eigenvalue weighted by atomic mass is 32.2. The van der Waals surface area contributed by atoms with Crippen molar-refractivity contribution >= 4 is 11.8 Å². The van der Waals surface area contributed by atoms with E-state index in [2.05, 4.69) is 46.9 Å². The van der Waals surface area contributed by atoms with Crippen LogP contribution < -0.4 is 5.32 Å². The Balaban J connectivity index is 1.87. The Labute approximate surface area is 127 Å². The molecule has 1 aliphatic rings. The largest absolute Gasteiger partial charge is 0.309 e. The summed E-state index contributed by atoms with van der Waals surface area (Å²) in [6, 6.07) is 0.456. The second-order valence-electron chi connectivity index (χ2n) is 5.74. The van der Waals surface area contributed by atoms with Crippen LogP contribution in [0.25, 0.3) is 0 Å². The van der Waals surface area contributed by atoms with Gasteiger partial charge in [-0.25, -0.2) is 0 Å². The van der Waals surface area contributed by atoms with Crippen LogP contribution in [0.1, 0.15) is 64.0 Å². The zero-order valence-corrected chi connectivity index (χ0v) is 13.8. The quantitative estimate of drug-likeness (QED) is 0.786. The number of aromatic nitrogens is 2. The van der Waals surface area contributed by atoms with E-state index >= 15 is 0 Å². The third-order valence-corrected chi connectivity index (χ3v) is 5.48. The molecule has 1 heterocycles. The Hall–Kier alpha value is -0.480. The smallest absolute Gasteiger partial charge is 0.0537 e. The lowest BCUT2D eigenvalue weighted by Gasteiger charge is -2.24. The molecule has 20 heavy (non-hydrogen) atoms. The fourth-order valence-electron chi connectivity index (χ4n) is 2.89. The summed E-state index contributed by atoms with van der Waals surface area (Å²) in [5, 5.41) is 8.98. The minimum Gasteiger partial charge on any atom is -0.309 e. The normalized spacial score (nSPS) is 18.3. The first-order valence-electron chi connectivity index (χ1n) is 8.20. The van der Waals surface area contributed by atoms with Crippen molar-refractivity contribution < 1.29 is 0 Å². The van der Waals surface area contributed by atoms with Gasteiger partial charge in [-0.1, -0.05) is 33.1 Å². The zero-order valence-electron chi connectivity index (χ0n) is 13.0. The van der Waals surface area contributed by atoms with Crippen LogP contribution in [0.15, 0.2) is 12.4 Å². The monoisotopic (exact) mass is 295 g/mol. The predicted octanol–water partition coefficient (Wildman–Crippen LogP) is 4.01. The van der Waals surface area contributed by atoms with E-state index in [0.717, 1.165) is 24.8 Å². The molecule has 1 atom stereocenters. The van der Waals surface area contributed by atoms with Gasteiger partial charge in [-0.2, -0.15) is 16.9 Å². The Morgan fingerprint density at radius 1 is 1.35 bits per heavy atom. The zero-order chi connectivity index (χ0) is 14.2. The second kappa shape index (κ2) is 8.73. The van der Waals surface area contributed by atoms with Gasteiger partial charge >= 0.3 is 0 Å². The molecule has 1 saturated carbocycles. The maximum Gasteiger partial charge on any atom is 0.0537 e. The summed E-state index contributed by atoms with van der Waals surface area (Å²) in [6.45, 7) is 6.43. The van der Waals surface area contributed by atoms with Crippen LogP contribution in [0.4, 0.5) is 0 Å². The average Bonchev–Trinajstić information content (AvgIpc) is 2.93. The van der Waals surface area contributed by atoms with Crippen LogP contribution in [0.3, 0.4) is 0 Å². The molecule has 0 saturated heterocycles. The van der Waals surface area contributed by atoms with Crippen molar-refractivity contribution in [2.45, 2.75) is 70.2 Å². The molecule has 3 nitrogen and oxygen atoms in total. The number of hydrogen-bond acceptors (Lipinski definition) is 3. The van der Waals surface area contributed by atoms with Crippen molar-refractivity contribution in [1.82, 2.24) is 15.1 Å². The number of thioether (sulfide) groups is 1. The van der Waals surface area contributed by atoms with Crippen LogP contribution >= 0.6 is 11.8 Å². The van der Waals surface area contributed by atoms with Crippen molar-refractivity contribution in [3.05, 3.63) is 18.0 Å². The van der Waals surface area contributed by atoms with E-state index in [0.29, 0.717) is 6.04 Å². The topological polar surface area (TPSA) is 29.9 Å². The number of nitrogens with one attached hydrogen (secondary N) is 1. The third kappa shape index (κ3) is 4.81. The number of hydrogen-bond donors (Lipinski definition) is 1. The van der Waals surface area contributed by atoms with E-state index in [1.807, 2.05) is 6.20 Å². The maximum absolute atomic E-state index is 4.47. The first-order valence-corrected chi connectivity index (χ1v) is 9.25. The number of rotatable bonds is 8. The van der Waals surface area contributed by atoms with Gasteiger partial charge < -0.3 is 5.32 Å². The summed E-state index contributed by atoms with van der Waals surface area (Å²) in [5.41, 5.74) is 1.35. The van der Waals surface area contributed by atoms with Gasteiger partial charge in [0.2, 0.25) is 0 Å². The van der Waals surface area contributed by atoms with E-state index in [4.69, 9.17) is 0 Å². The molecule has 0 bridgehead atoms. The summed E-state index contributed by atoms with van der Waals surface area (Å²) in [4.78, 5) is 0. The third-order valence-electron chi connectivity index (χ3n) is 4.01. The Morgan fingerprint density at radius 2 is 2.15 bits per heavy atom. The molecular weight excluding hydrogens is 266 g/mol. The van der Waals surface area contributed by atoms with Crippen LogP contribution in [-0.2, 0) is 6.54 Å². The second-order valence-corrected chi connectivity index (χ2v) is 7.07. The van der Waals surface area contributed by atoms with E-state index in [-0.39, 0.29) is 0 Å². The average molecular weight is 295 g/mol. The van der Waals surface area contributed by atoms with E-state index in [9.17, 15) is 0 Å². The molecule has 0 amide bonds. The molecule has 0 aliphatic heterocycles. The van der Waals surface area contributed by atoms with Crippen LogP contribution in [0, 0.1) is 0 Å².